The van der Waals surface area contributed by atoms with Crippen LogP contribution in [0.5, 0.6) is 0 Å². The second-order valence-corrected chi connectivity index (χ2v) is 6.50. The van der Waals surface area contributed by atoms with Gasteiger partial charge in [0.2, 0.25) is 5.91 Å². The first kappa shape index (κ1) is 16.3. The summed E-state index contributed by atoms with van der Waals surface area (Å²) in [4.78, 5) is 12.9. The highest BCUT2D eigenvalue weighted by molar-refractivity contribution is 5.96. The summed E-state index contributed by atoms with van der Waals surface area (Å²) in [6.07, 6.45) is 4.66. The lowest BCUT2D eigenvalue weighted by Gasteiger charge is -2.37. The molecule has 1 saturated heterocycles. The van der Waals surface area contributed by atoms with Crippen molar-refractivity contribution in [2.45, 2.75) is 39.5 Å². The second-order valence-electron chi connectivity index (χ2n) is 6.50. The number of aryl methyl sites for hydroxylation is 2. The van der Waals surface area contributed by atoms with Crippen LogP contribution in [0.2, 0.25) is 0 Å². The number of hydrogen-bond donors (Lipinski definition) is 2. The maximum absolute atomic E-state index is 12.9. The van der Waals surface area contributed by atoms with Crippen LogP contribution >= 0.6 is 12.4 Å². The highest BCUT2D eigenvalue weighted by Crippen LogP contribution is 2.44. The average molecular weight is 309 g/mol. The molecule has 1 amide bonds. The van der Waals surface area contributed by atoms with E-state index in [2.05, 4.69) is 42.7 Å². The fraction of sp³-hybridized carbons (Fsp3) is 0.588. The van der Waals surface area contributed by atoms with Crippen molar-refractivity contribution in [2.75, 3.05) is 18.4 Å². The van der Waals surface area contributed by atoms with Crippen molar-refractivity contribution in [3.63, 3.8) is 0 Å². The van der Waals surface area contributed by atoms with Gasteiger partial charge in [-0.1, -0.05) is 25.0 Å². The van der Waals surface area contributed by atoms with E-state index in [0.717, 1.165) is 30.8 Å². The third-order valence-corrected chi connectivity index (χ3v) is 5.13. The lowest BCUT2D eigenvalue weighted by molar-refractivity contribution is -0.128. The smallest absolute Gasteiger partial charge is 0.232 e. The third kappa shape index (κ3) is 2.95. The maximum Gasteiger partial charge on any atom is 0.232 e. The maximum atomic E-state index is 12.9. The lowest BCUT2D eigenvalue weighted by atomic mass is 9.67. The van der Waals surface area contributed by atoms with Gasteiger partial charge in [-0.3, -0.25) is 4.79 Å². The summed E-state index contributed by atoms with van der Waals surface area (Å²) in [5.74, 6) is 0.738. The third-order valence-electron chi connectivity index (χ3n) is 5.13. The van der Waals surface area contributed by atoms with Crippen molar-refractivity contribution in [2.24, 2.45) is 11.3 Å². The van der Waals surface area contributed by atoms with Gasteiger partial charge in [0.05, 0.1) is 5.41 Å². The SMILES string of the molecule is Cc1ccc(C)c(NC(=O)[C@@]23CCCC[C@H]2CNC3)c1.Cl. The molecule has 1 aromatic carbocycles. The van der Waals surface area contributed by atoms with Crippen molar-refractivity contribution < 1.29 is 4.79 Å². The fourth-order valence-corrected chi connectivity index (χ4v) is 3.81. The molecule has 3 nitrogen and oxygen atoms in total. The van der Waals surface area contributed by atoms with Crippen LogP contribution in [0.1, 0.15) is 36.8 Å². The Bertz CT molecular complexity index is 532. The van der Waals surface area contributed by atoms with E-state index in [1.54, 1.807) is 0 Å². The van der Waals surface area contributed by atoms with Crippen LogP contribution in [0, 0.1) is 25.2 Å². The summed E-state index contributed by atoms with van der Waals surface area (Å²) >= 11 is 0. The molecule has 1 saturated carbocycles. The average Bonchev–Trinajstić information content (AvgIpc) is 2.88. The molecule has 1 aliphatic heterocycles. The van der Waals surface area contributed by atoms with Gasteiger partial charge < -0.3 is 10.6 Å². The molecule has 1 heterocycles. The van der Waals surface area contributed by atoms with E-state index in [1.165, 1.54) is 24.8 Å². The lowest BCUT2D eigenvalue weighted by Crippen LogP contribution is -2.44. The molecule has 0 radical (unpaired) electrons. The first-order valence-corrected chi connectivity index (χ1v) is 7.71. The van der Waals surface area contributed by atoms with E-state index in [9.17, 15) is 4.79 Å². The largest absolute Gasteiger partial charge is 0.325 e. The molecule has 1 aliphatic carbocycles. The molecule has 116 valence electrons. The van der Waals surface area contributed by atoms with Gasteiger partial charge in [0.25, 0.3) is 0 Å². The molecule has 1 aromatic rings. The van der Waals surface area contributed by atoms with Crippen LogP contribution in [0.4, 0.5) is 5.69 Å². The Morgan fingerprint density at radius 2 is 2.14 bits per heavy atom. The zero-order chi connectivity index (χ0) is 14.2. The number of hydrogen-bond acceptors (Lipinski definition) is 2. The summed E-state index contributed by atoms with van der Waals surface area (Å²) in [5, 5.41) is 6.64. The molecule has 4 heteroatoms. The summed E-state index contributed by atoms with van der Waals surface area (Å²) in [7, 11) is 0. The first-order chi connectivity index (χ1) is 9.62. The van der Waals surface area contributed by atoms with Gasteiger partial charge in [-0.2, -0.15) is 0 Å². The second kappa shape index (κ2) is 6.37. The number of rotatable bonds is 2. The quantitative estimate of drug-likeness (QED) is 0.878. The van der Waals surface area contributed by atoms with Gasteiger partial charge in [0, 0.05) is 12.2 Å². The summed E-state index contributed by atoms with van der Waals surface area (Å²) in [6, 6.07) is 6.24. The first-order valence-electron chi connectivity index (χ1n) is 7.71. The number of nitrogens with one attached hydrogen (secondary N) is 2. The van der Waals surface area contributed by atoms with E-state index in [0.29, 0.717) is 5.92 Å². The van der Waals surface area contributed by atoms with Crippen LogP contribution in [0.3, 0.4) is 0 Å². The van der Waals surface area contributed by atoms with Crippen LogP contribution in [-0.2, 0) is 4.79 Å². The molecule has 0 unspecified atom stereocenters. The Kier molecular flexibility index (Phi) is 4.95. The summed E-state index contributed by atoms with van der Waals surface area (Å²) in [5.41, 5.74) is 3.13. The van der Waals surface area contributed by atoms with E-state index in [1.807, 2.05) is 0 Å². The number of benzene rings is 1. The molecule has 0 aromatic heterocycles. The minimum Gasteiger partial charge on any atom is -0.325 e. The fourth-order valence-electron chi connectivity index (χ4n) is 3.81. The van der Waals surface area contributed by atoms with Gasteiger partial charge in [0.15, 0.2) is 0 Å². The van der Waals surface area contributed by atoms with Gasteiger partial charge in [0.1, 0.15) is 0 Å². The molecule has 3 rings (SSSR count). The van der Waals surface area contributed by atoms with Gasteiger partial charge in [-0.25, -0.2) is 0 Å². The van der Waals surface area contributed by atoms with Crippen molar-refractivity contribution in [3.8, 4) is 0 Å². The normalized spacial score (nSPS) is 27.6. The standard InChI is InChI=1S/C17H24N2O.ClH/c1-12-6-7-13(2)15(9-12)19-16(20)17-8-4-3-5-14(17)10-18-11-17;/h6-7,9,14,18H,3-5,8,10-11H2,1-2H3,(H,19,20);1H/t14-,17+;/m0./s1. The van der Waals surface area contributed by atoms with E-state index in [-0.39, 0.29) is 23.7 Å². The highest BCUT2D eigenvalue weighted by Gasteiger charge is 2.49. The van der Waals surface area contributed by atoms with E-state index in [4.69, 9.17) is 0 Å². The number of fused-ring (bicyclic) bond motifs is 1. The van der Waals surface area contributed by atoms with E-state index >= 15 is 0 Å². The van der Waals surface area contributed by atoms with Crippen molar-refractivity contribution >= 4 is 24.0 Å². The van der Waals surface area contributed by atoms with Crippen LogP contribution in [0.15, 0.2) is 18.2 Å². The Hall–Kier alpha value is -1.06. The molecule has 2 fully saturated rings. The Morgan fingerprint density at radius 1 is 1.33 bits per heavy atom. The monoisotopic (exact) mass is 308 g/mol. The van der Waals surface area contributed by atoms with E-state index < -0.39 is 0 Å². The molecule has 21 heavy (non-hydrogen) atoms. The van der Waals surface area contributed by atoms with Gasteiger partial charge in [-0.15, -0.1) is 12.4 Å². The van der Waals surface area contributed by atoms with Gasteiger partial charge in [-0.05, 0) is 56.3 Å². The molecule has 2 aliphatic rings. The molecular formula is C17H25ClN2O. The molecular weight excluding hydrogens is 284 g/mol. The summed E-state index contributed by atoms with van der Waals surface area (Å²) < 4.78 is 0. The summed E-state index contributed by atoms with van der Waals surface area (Å²) in [6.45, 7) is 5.96. The zero-order valence-corrected chi connectivity index (χ0v) is 13.7. The van der Waals surface area contributed by atoms with Crippen molar-refractivity contribution in [3.05, 3.63) is 29.3 Å². The number of carbonyl (C=O) groups excluding carboxylic acids is 1. The van der Waals surface area contributed by atoms with Crippen LogP contribution < -0.4 is 10.6 Å². The van der Waals surface area contributed by atoms with Crippen LogP contribution in [0.25, 0.3) is 0 Å². The minimum atomic E-state index is -0.172. The molecule has 0 bridgehead atoms. The van der Waals surface area contributed by atoms with Crippen molar-refractivity contribution in [1.29, 1.82) is 0 Å². The number of amides is 1. The highest BCUT2D eigenvalue weighted by atomic mass is 35.5. The molecule has 2 N–H and O–H groups in total. The Balaban J connectivity index is 0.00000161. The number of anilines is 1. The molecule has 2 atom stereocenters. The molecule has 0 spiro atoms. The Morgan fingerprint density at radius 3 is 2.95 bits per heavy atom. The zero-order valence-electron chi connectivity index (χ0n) is 12.9. The predicted molar refractivity (Wildman–Crippen MR) is 89.1 cm³/mol. The number of halogens is 1. The predicted octanol–water partition coefficient (Wildman–Crippen LogP) is 3.44. The van der Waals surface area contributed by atoms with Crippen LogP contribution in [-0.4, -0.2) is 19.0 Å². The minimum absolute atomic E-state index is 0. The Labute approximate surface area is 133 Å². The van der Waals surface area contributed by atoms with Crippen molar-refractivity contribution in [1.82, 2.24) is 5.32 Å². The number of carbonyl (C=O) groups is 1. The van der Waals surface area contributed by atoms with Gasteiger partial charge >= 0.3 is 0 Å². The topological polar surface area (TPSA) is 41.1 Å².